The topological polar surface area (TPSA) is 87.0 Å². The second-order valence-electron chi connectivity index (χ2n) is 8.76. The van der Waals surface area contributed by atoms with E-state index < -0.39 is 17.0 Å². The molecule has 0 heterocycles. The zero-order valence-electron chi connectivity index (χ0n) is 17.5. The van der Waals surface area contributed by atoms with Gasteiger partial charge < -0.3 is 20.1 Å². The van der Waals surface area contributed by atoms with Crippen molar-refractivity contribution in [2.24, 2.45) is 5.41 Å². The molecule has 2 rings (SSSR count). The smallest absolute Gasteiger partial charge is 0.340 e. The molecule has 5 heteroatoms. The van der Waals surface area contributed by atoms with Crippen LogP contribution >= 0.6 is 0 Å². The van der Waals surface area contributed by atoms with Crippen LogP contribution in [0.2, 0.25) is 0 Å². The molecule has 1 aromatic carbocycles. The second kappa shape index (κ2) is 8.99. The summed E-state index contributed by atoms with van der Waals surface area (Å²) in [4.78, 5) is 12.6. The average Bonchev–Trinajstić information content (AvgIpc) is 2.58. The lowest BCUT2D eigenvalue weighted by molar-refractivity contribution is -0.150. The average molecular weight is 391 g/mol. The van der Waals surface area contributed by atoms with Crippen molar-refractivity contribution >= 4 is 5.97 Å². The van der Waals surface area contributed by atoms with Crippen molar-refractivity contribution in [3.05, 3.63) is 41.2 Å². The molecule has 5 nitrogen and oxygen atoms in total. The number of phenolic OH excluding ortho intramolecular Hbond substituents is 1. The maximum Gasteiger partial charge on any atom is 0.340 e. The molecule has 0 amide bonds. The SMILES string of the molecule is CC(CCCCCc1cccc(O)c1)OC(=O)C1=C(O)CCC(C)(C)C1(C)O. The van der Waals surface area contributed by atoms with Gasteiger partial charge in [-0.25, -0.2) is 4.79 Å². The van der Waals surface area contributed by atoms with E-state index in [2.05, 4.69) is 0 Å². The number of phenols is 1. The van der Waals surface area contributed by atoms with E-state index in [1.807, 2.05) is 32.9 Å². The molecule has 156 valence electrons. The molecule has 0 bridgehead atoms. The highest BCUT2D eigenvalue weighted by Crippen LogP contribution is 2.46. The Morgan fingerprint density at radius 2 is 1.89 bits per heavy atom. The number of carbonyl (C=O) groups excluding carboxylic acids is 1. The Labute approximate surface area is 168 Å². The zero-order valence-corrected chi connectivity index (χ0v) is 17.5. The van der Waals surface area contributed by atoms with Gasteiger partial charge in [0.15, 0.2) is 0 Å². The van der Waals surface area contributed by atoms with E-state index in [0.717, 1.165) is 37.7 Å². The van der Waals surface area contributed by atoms with E-state index in [4.69, 9.17) is 4.74 Å². The van der Waals surface area contributed by atoms with E-state index in [1.165, 1.54) is 0 Å². The molecule has 3 N–H and O–H groups in total. The molecule has 28 heavy (non-hydrogen) atoms. The van der Waals surface area contributed by atoms with Gasteiger partial charge in [0.1, 0.15) is 22.7 Å². The van der Waals surface area contributed by atoms with E-state index in [9.17, 15) is 20.1 Å². The van der Waals surface area contributed by atoms with Gasteiger partial charge >= 0.3 is 5.97 Å². The number of aryl methyl sites for hydroxylation is 1. The quantitative estimate of drug-likeness (QED) is 0.438. The molecule has 0 aromatic heterocycles. The van der Waals surface area contributed by atoms with Gasteiger partial charge in [-0.15, -0.1) is 0 Å². The molecule has 1 aliphatic rings. The summed E-state index contributed by atoms with van der Waals surface area (Å²) in [7, 11) is 0. The fraction of sp³-hybridized carbons (Fsp3) is 0.609. The number of aliphatic hydroxyl groups is 2. The molecule has 0 aliphatic heterocycles. The molecule has 0 spiro atoms. The number of benzene rings is 1. The van der Waals surface area contributed by atoms with Gasteiger partial charge in [-0.3, -0.25) is 0 Å². The van der Waals surface area contributed by atoms with Crippen LogP contribution in [-0.2, 0) is 16.0 Å². The van der Waals surface area contributed by atoms with Gasteiger partial charge in [0.25, 0.3) is 0 Å². The maximum atomic E-state index is 12.6. The molecular weight excluding hydrogens is 356 g/mol. The van der Waals surface area contributed by atoms with Crippen LogP contribution < -0.4 is 0 Å². The van der Waals surface area contributed by atoms with E-state index >= 15 is 0 Å². The number of ether oxygens (including phenoxy) is 1. The number of esters is 1. The minimum atomic E-state index is -1.42. The van der Waals surface area contributed by atoms with Crippen molar-refractivity contribution < 1.29 is 24.9 Å². The predicted octanol–water partition coefficient (Wildman–Crippen LogP) is 4.81. The van der Waals surface area contributed by atoms with Crippen LogP contribution in [0.3, 0.4) is 0 Å². The minimum absolute atomic E-state index is 0.000477. The highest BCUT2D eigenvalue weighted by molar-refractivity contribution is 5.91. The minimum Gasteiger partial charge on any atom is -0.512 e. The summed E-state index contributed by atoms with van der Waals surface area (Å²) in [6.07, 6.45) is 5.24. The molecule has 0 saturated heterocycles. The lowest BCUT2D eigenvalue weighted by atomic mass is 9.65. The number of carbonyl (C=O) groups is 1. The Morgan fingerprint density at radius 1 is 1.18 bits per heavy atom. The van der Waals surface area contributed by atoms with Crippen molar-refractivity contribution in [1.82, 2.24) is 0 Å². The Balaban J connectivity index is 1.79. The lowest BCUT2D eigenvalue weighted by Crippen LogP contribution is -2.49. The van der Waals surface area contributed by atoms with Crippen LogP contribution in [0.1, 0.15) is 71.8 Å². The third kappa shape index (κ3) is 5.28. The van der Waals surface area contributed by atoms with Crippen LogP contribution in [0.25, 0.3) is 0 Å². The number of aliphatic hydroxyl groups excluding tert-OH is 1. The molecule has 1 aromatic rings. The molecule has 2 atom stereocenters. The van der Waals surface area contributed by atoms with E-state index in [1.54, 1.807) is 19.1 Å². The largest absolute Gasteiger partial charge is 0.512 e. The third-order valence-corrected chi connectivity index (χ3v) is 6.08. The Hall–Kier alpha value is -2.01. The predicted molar refractivity (Wildman–Crippen MR) is 109 cm³/mol. The van der Waals surface area contributed by atoms with Crippen LogP contribution in [0.5, 0.6) is 5.75 Å². The fourth-order valence-corrected chi connectivity index (χ4v) is 3.69. The summed E-state index contributed by atoms with van der Waals surface area (Å²) in [6, 6.07) is 7.29. The number of allylic oxidation sites excluding steroid dienone is 1. The third-order valence-electron chi connectivity index (χ3n) is 6.08. The highest BCUT2D eigenvalue weighted by Gasteiger charge is 2.50. The Bertz CT molecular complexity index is 717. The molecule has 1 aliphatic carbocycles. The first-order valence-electron chi connectivity index (χ1n) is 10.2. The number of hydrogen-bond acceptors (Lipinski definition) is 5. The van der Waals surface area contributed by atoms with E-state index in [-0.39, 0.29) is 23.2 Å². The number of hydrogen-bond donors (Lipinski definition) is 3. The van der Waals surface area contributed by atoms with Crippen molar-refractivity contribution in [3.8, 4) is 5.75 Å². The van der Waals surface area contributed by atoms with Crippen molar-refractivity contribution in [2.45, 2.75) is 84.3 Å². The van der Waals surface area contributed by atoms with Gasteiger partial charge in [-0.2, -0.15) is 0 Å². The number of unbranched alkanes of at least 4 members (excludes halogenated alkanes) is 2. The first kappa shape index (κ1) is 22.3. The summed E-state index contributed by atoms with van der Waals surface area (Å²) in [5.41, 5.74) is -0.820. The summed E-state index contributed by atoms with van der Waals surface area (Å²) >= 11 is 0. The van der Waals surface area contributed by atoms with Gasteiger partial charge in [-0.05, 0) is 69.1 Å². The van der Waals surface area contributed by atoms with Crippen molar-refractivity contribution in [2.75, 3.05) is 0 Å². The van der Waals surface area contributed by atoms with Crippen LogP contribution in [0.15, 0.2) is 35.6 Å². The summed E-state index contributed by atoms with van der Waals surface area (Å²) in [5, 5.41) is 30.5. The van der Waals surface area contributed by atoms with Gasteiger partial charge in [0.05, 0.1) is 6.10 Å². The monoisotopic (exact) mass is 390 g/mol. The van der Waals surface area contributed by atoms with Gasteiger partial charge in [0.2, 0.25) is 0 Å². The van der Waals surface area contributed by atoms with Crippen molar-refractivity contribution in [3.63, 3.8) is 0 Å². The first-order chi connectivity index (χ1) is 13.0. The highest BCUT2D eigenvalue weighted by atomic mass is 16.5. The van der Waals surface area contributed by atoms with E-state index in [0.29, 0.717) is 12.8 Å². The zero-order chi connectivity index (χ0) is 20.9. The van der Waals surface area contributed by atoms with Crippen molar-refractivity contribution in [1.29, 1.82) is 0 Å². The molecule has 0 saturated carbocycles. The first-order valence-corrected chi connectivity index (χ1v) is 10.2. The number of rotatable bonds is 8. The summed E-state index contributed by atoms with van der Waals surface area (Å²) in [6.45, 7) is 7.20. The van der Waals surface area contributed by atoms with Crippen LogP contribution in [-0.4, -0.2) is 33.0 Å². The second-order valence-corrected chi connectivity index (χ2v) is 8.76. The molecule has 0 fully saturated rings. The van der Waals surface area contributed by atoms with Gasteiger partial charge in [0, 0.05) is 6.42 Å². The Kier molecular flexibility index (Phi) is 7.16. The molecule has 2 unspecified atom stereocenters. The fourth-order valence-electron chi connectivity index (χ4n) is 3.69. The molecule has 0 radical (unpaired) electrons. The number of aromatic hydroxyl groups is 1. The van der Waals surface area contributed by atoms with Crippen LogP contribution in [0.4, 0.5) is 0 Å². The Morgan fingerprint density at radius 3 is 2.57 bits per heavy atom. The summed E-state index contributed by atoms with van der Waals surface area (Å²) < 4.78 is 5.52. The molecular formula is C23H34O5. The standard InChI is InChI=1S/C23H34O5/c1-16(9-6-5-7-10-17-11-8-12-18(24)15-17)28-21(26)20-19(25)13-14-22(2,3)23(20,4)27/h8,11-12,15-16,24-25,27H,5-7,9-10,13-14H2,1-4H3. The lowest BCUT2D eigenvalue weighted by Gasteiger charge is -2.44. The normalized spacial score (nSPS) is 22.8. The van der Waals surface area contributed by atoms with Gasteiger partial charge in [-0.1, -0.05) is 32.4 Å². The maximum absolute atomic E-state index is 12.6. The summed E-state index contributed by atoms with van der Waals surface area (Å²) in [5.74, 6) is -0.396. The van der Waals surface area contributed by atoms with Crippen LogP contribution in [0, 0.1) is 5.41 Å².